The minimum atomic E-state index is 0.270. The Kier molecular flexibility index (Phi) is 4.63. The summed E-state index contributed by atoms with van der Waals surface area (Å²) in [7, 11) is 0. The fourth-order valence-electron chi connectivity index (χ4n) is 1.32. The van der Waals surface area contributed by atoms with Crippen molar-refractivity contribution in [1.82, 2.24) is 0 Å². The van der Waals surface area contributed by atoms with Crippen molar-refractivity contribution in [2.24, 2.45) is 0 Å². The SMILES string of the molecule is CC[C@H](C)ON(CC)c1ccc(C)cc1. The third-order valence-electron chi connectivity index (χ3n) is 2.49. The molecule has 0 fully saturated rings. The molecule has 1 aromatic rings. The molecule has 15 heavy (non-hydrogen) atoms. The number of hydrogen-bond donors (Lipinski definition) is 0. The van der Waals surface area contributed by atoms with Gasteiger partial charge in [-0.1, -0.05) is 24.6 Å². The quantitative estimate of drug-likeness (QED) is 0.685. The maximum atomic E-state index is 5.81. The molecule has 0 aromatic heterocycles. The molecule has 1 atom stereocenters. The lowest BCUT2D eigenvalue weighted by Crippen LogP contribution is -2.27. The van der Waals surface area contributed by atoms with E-state index in [1.165, 1.54) is 5.56 Å². The molecule has 0 amide bonds. The van der Waals surface area contributed by atoms with Crippen LogP contribution in [0, 0.1) is 6.92 Å². The average molecular weight is 207 g/mol. The normalized spacial score (nSPS) is 12.5. The molecular formula is C13H21NO. The average Bonchev–Trinajstić information content (AvgIpc) is 2.27. The second kappa shape index (κ2) is 5.76. The summed E-state index contributed by atoms with van der Waals surface area (Å²) in [5.41, 5.74) is 2.40. The van der Waals surface area contributed by atoms with Gasteiger partial charge in [-0.15, -0.1) is 0 Å². The molecule has 0 aliphatic heterocycles. The molecule has 84 valence electrons. The lowest BCUT2D eigenvalue weighted by molar-refractivity contribution is 0.0440. The predicted octanol–water partition coefficient (Wildman–Crippen LogP) is 3.55. The predicted molar refractivity (Wildman–Crippen MR) is 65.0 cm³/mol. The fraction of sp³-hybridized carbons (Fsp3) is 0.538. The van der Waals surface area contributed by atoms with Crippen LogP contribution in [0.4, 0.5) is 5.69 Å². The van der Waals surface area contributed by atoms with Gasteiger partial charge in [-0.3, -0.25) is 9.90 Å². The molecule has 0 unspecified atom stereocenters. The molecule has 0 aliphatic rings. The molecule has 0 radical (unpaired) electrons. The van der Waals surface area contributed by atoms with Crippen molar-refractivity contribution in [3.8, 4) is 0 Å². The van der Waals surface area contributed by atoms with Crippen molar-refractivity contribution in [2.45, 2.75) is 40.2 Å². The first-order valence-electron chi connectivity index (χ1n) is 5.68. The van der Waals surface area contributed by atoms with Crippen molar-refractivity contribution in [1.29, 1.82) is 0 Å². The van der Waals surface area contributed by atoms with Gasteiger partial charge in [0.2, 0.25) is 0 Å². The summed E-state index contributed by atoms with van der Waals surface area (Å²) in [5, 5.41) is 1.95. The van der Waals surface area contributed by atoms with Crippen LogP contribution in [-0.2, 0) is 4.84 Å². The molecule has 0 heterocycles. The van der Waals surface area contributed by atoms with Crippen LogP contribution in [0.2, 0.25) is 0 Å². The second-order valence-corrected chi connectivity index (χ2v) is 3.85. The third-order valence-corrected chi connectivity index (χ3v) is 2.49. The largest absolute Gasteiger partial charge is 0.270 e. The number of aryl methyl sites for hydroxylation is 1. The van der Waals surface area contributed by atoms with Gasteiger partial charge in [0, 0.05) is 6.54 Å². The van der Waals surface area contributed by atoms with Gasteiger partial charge >= 0.3 is 0 Å². The molecule has 2 nitrogen and oxygen atoms in total. The van der Waals surface area contributed by atoms with Crippen LogP contribution in [0.1, 0.15) is 32.8 Å². The molecule has 1 rings (SSSR count). The van der Waals surface area contributed by atoms with E-state index in [9.17, 15) is 0 Å². The van der Waals surface area contributed by atoms with Gasteiger partial charge in [0.05, 0.1) is 11.8 Å². The highest BCUT2D eigenvalue weighted by atomic mass is 16.7. The number of rotatable bonds is 5. The lowest BCUT2D eigenvalue weighted by atomic mass is 10.2. The first-order chi connectivity index (χ1) is 7.17. The Hall–Kier alpha value is -1.02. The number of hydrogen-bond acceptors (Lipinski definition) is 2. The molecule has 0 aliphatic carbocycles. The first-order valence-corrected chi connectivity index (χ1v) is 5.68. The van der Waals surface area contributed by atoms with Gasteiger partial charge in [0.1, 0.15) is 0 Å². The van der Waals surface area contributed by atoms with Gasteiger partial charge in [-0.05, 0) is 39.3 Å². The highest BCUT2D eigenvalue weighted by Crippen LogP contribution is 2.16. The summed E-state index contributed by atoms with van der Waals surface area (Å²) < 4.78 is 0. The van der Waals surface area contributed by atoms with E-state index in [4.69, 9.17) is 4.84 Å². The minimum Gasteiger partial charge on any atom is -0.270 e. The molecular weight excluding hydrogens is 186 g/mol. The monoisotopic (exact) mass is 207 g/mol. The van der Waals surface area contributed by atoms with Crippen LogP contribution in [0.5, 0.6) is 0 Å². The summed E-state index contributed by atoms with van der Waals surface area (Å²) in [6, 6.07) is 8.42. The molecule has 0 spiro atoms. The maximum absolute atomic E-state index is 5.81. The van der Waals surface area contributed by atoms with E-state index < -0.39 is 0 Å². The lowest BCUT2D eigenvalue weighted by Gasteiger charge is -2.25. The van der Waals surface area contributed by atoms with Crippen LogP contribution in [0.25, 0.3) is 0 Å². The van der Waals surface area contributed by atoms with E-state index in [0.717, 1.165) is 18.7 Å². The molecule has 1 aromatic carbocycles. The van der Waals surface area contributed by atoms with Crippen LogP contribution in [0.3, 0.4) is 0 Å². The highest BCUT2D eigenvalue weighted by molar-refractivity contribution is 5.44. The number of benzene rings is 1. The Morgan fingerprint density at radius 2 is 1.80 bits per heavy atom. The Bertz CT molecular complexity index is 281. The van der Waals surface area contributed by atoms with E-state index in [2.05, 4.69) is 52.0 Å². The number of nitrogens with zero attached hydrogens (tertiary/aromatic N) is 1. The van der Waals surface area contributed by atoms with Gasteiger partial charge in [-0.2, -0.15) is 0 Å². The maximum Gasteiger partial charge on any atom is 0.0826 e. The fourth-order valence-corrected chi connectivity index (χ4v) is 1.32. The van der Waals surface area contributed by atoms with Crippen LogP contribution in [-0.4, -0.2) is 12.6 Å². The topological polar surface area (TPSA) is 12.5 Å². The molecule has 0 saturated heterocycles. The second-order valence-electron chi connectivity index (χ2n) is 3.85. The summed E-state index contributed by atoms with van der Waals surface area (Å²) in [4.78, 5) is 5.81. The zero-order valence-electron chi connectivity index (χ0n) is 10.2. The Labute approximate surface area is 92.8 Å². The van der Waals surface area contributed by atoms with E-state index in [-0.39, 0.29) is 6.10 Å². The van der Waals surface area contributed by atoms with Crippen molar-refractivity contribution < 1.29 is 4.84 Å². The molecule has 0 N–H and O–H groups in total. The zero-order chi connectivity index (χ0) is 11.3. The van der Waals surface area contributed by atoms with Crippen LogP contribution >= 0.6 is 0 Å². The molecule has 0 saturated carbocycles. The van der Waals surface area contributed by atoms with Crippen LogP contribution < -0.4 is 5.06 Å². The number of anilines is 1. The Morgan fingerprint density at radius 1 is 1.20 bits per heavy atom. The van der Waals surface area contributed by atoms with E-state index in [1.807, 2.05) is 5.06 Å². The van der Waals surface area contributed by atoms with Crippen molar-refractivity contribution >= 4 is 5.69 Å². The standard InChI is InChI=1S/C13H21NO/c1-5-12(4)15-14(6-2)13-9-7-11(3)8-10-13/h7-10,12H,5-6H2,1-4H3/t12-/m0/s1. The number of hydroxylamine groups is 1. The van der Waals surface area contributed by atoms with E-state index in [1.54, 1.807) is 0 Å². The summed E-state index contributed by atoms with van der Waals surface area (Å²) in [5.74, 6) is 0. The summed E-state index contributed by atoms with van der Waals surface area (Å²) >= 11 is 0. The minimum absolute atomic E-state index is 0.270. The molecule has 0 bridgehead atoms. The summed E-state index contributed by atoms with van der Waals surface area (Å²) in [6.07, 6.45) is 1.30. The van der Waals surface area contributed by atoms with Gasteiger partial charge in [-0.25, -0.2) is 0 Å². The van der Waals surface area contributed by atoms with Crippen molar-refractivity contribution in [3.05, 3.63) is 29.8 Å². The van der Waals surface area contributed by atoms with Gasteiger partial charge in [0.15, 0.2) is 0 Å². The van der Waals surface area contributed by atoms with Crippen molar-refractivity contribution in [3.63, 3.8) is 0 Å². The van der Waals surface area contributed by atoms with E-state index in [0.29, 0.717) is 0 Å². The smallest absolute Gasteiger partial charge is 0.0826 e. The molecule has 2 heteroatoms. The third kappa shape index (κ3) is 3.56. The van der Waals surface area contributed by atoms with E-state index >= 15 is 0 Å². The van der Waals surface area contributed by atoms with Crippen molar-refractivity contribution in [2.75, 3.05) is 11.6 Å². The highest BCUT2D eigenvalue weighted by Gasteiger charge is 2.08. The zero-order valence-corrected chi connectivity index (χ0v) is 10.2. The van der Waals surface area contributed by atoms with Gasteiger partial charge < -0.3 is 0 Å². The first kappa shape index (κ1) is 12.1. The van der Waals surface area contributed by atoms with Gasteiger partial charge in [0.25, 0.3) is 0 Å². The summed E-state index contributed by atoms with van der Waals surface area (Å²) in [6.45, 7) is 9.29. The van der Waals surface area contributed by atoms with Crippen LogP contribution in [0.15, 0.2) is 24.3 Å². The Balaban J connectivity index is 2.69. The Morgan fingerprint density at radius 3 is 2.27 bits per heavy atom.